The van der Waals surface area contributed by atoms with Crippen molar-refractivity contribution in [3.05, 3.63) is 122 Å². The third-order valence-electron chi connectivity index (χ3n) is 16.4. The number of carbonyl (C=O) groups excluding carboxylic acids is 4. The molecule has 17 nitrogen and oxygen atoms in total. The smallest absolute Gasteiger partial charge is 0.462 e. The van der Waals surface area contributed by atoms with E-state index < -0.39 is 97.5 Å². The molecule has 0 rings (SSSR count). The molecular weight excluding hydrogens is 1330 g/mol. The summed E-state index contributed by atoms with van der Waals surface area (Å²) in [5.74, 6) is -2.32. The lowest BCUT2D eigenvalue weighted by atomic mass is 10.1. The molecule has 0 aliphatic carbocycles. The topological polar surface area (TPSA) is 237 Å². The van der Waals surface area contributed by atoms with E-state index in [1.54, 1.807) is 0 Å². The highest BCUT2D eigenvalue weighted by Gasteiger charge is 2.30. The van der Waals surface area contributed by atoms with Crippen molar-refractivity contribution in [3.8, 4) is 0 Å². The minimum Gasteiger partial charge on any atom is -0.462 e. The highest BCUT2D eigenvalue weighted by atomic mass is 31.2. The zero-order chi connectivity index (χ0) is 74.6. The van der Waals surface area contributed by atoms with Crippen molar-refractivity contribution < 1.29 is 80.2 Å². The molecule has 0 aliphatic rings. The van der Waals surface area contributed by atoms with Crippen LogP contribution in [-0.2, 0) is 65.4 Å². The van der Waals surface area contributed by atoms with Crippen LogP contribution >= 0.6 is 15.6 Å². The first-order valence-electron chi connectivity index (χ1n) is 39.8. The Labute approximate surface area is 619 Å². The van der Waals surface area contributed by atoms with Gasteiger partial charge in [0.1, 0.15) is 19.3 Å². The summed E-state index contributed by atoms with van der Waals surface area (Å²) in [6.45, 7) is 4.67. The predicted molar refractivity (Wildman–Crippen MR) is 418 cm³/mol. The predicted octanol–water partition coefficient (Wildman–Crippen LogP) is 23.1. The molecule has 0 fully saturated rings. The fourth-order valence-electron chi connectivity index (χ4n) is 10.3. The lowest BCUT2D eigenvalue weighted by molar-refractivity contribution is -0.161. The number of ether oxygens (including phenoxy) is 4. The summed E-state index contributed by atoms with van der Waals surface area (Å²) in [5, 5.41) is 10.6. The molecule has 0 radical (unpaired) electrons. The molecule has 0 aromatic heterocycles. The summed E-state index contributed by atoms with van der Waals surface area (Å²) in [5.41, 5.74) is 0. The number of allylic oxidation sites excluding steroid dienone is 20. The number of hydrogen-bond acceptors (Lipinski definition) is 15. The third kappa shape index (κ3) is 73.8. The van der Waals surface area contributed by atoms with Crippen LogP contribution in [0.2, 0.25) is 0 Å². The Kier molecular flexibility index (Phi) is 71.4. The van der Waals surface area contributed by atoms with E-state index in [1.807, 2.05) is 24.3 Å². The van der Waals surface area contributed by atoms with Gasteiger partial charge in [-0.2, -0.15) is 0 Å². The quantitative estimate of drug-likeness (QED) is 0.0169. The average Bonchev–Trinajstić information content (AvgIpc) is 0.951. The van der Waals surface area contributed by atoms with E-state index in [-0.39, 0.29) is 25.7 Å². The number of esters is 4. The van der Waals surface area contributed by atoms with Crippen LogP contribution < -0.4 is 0 Å². The van der Waals surface area contributed by atoms with Crippen LogP contribution in [0.25, 0.3) is 0 Å². The largest absolute Gasteiger partial charge is 0.472 e. The maximum atomic E-state index is 13.1. The maximum Gasteiger partial charge on any atom is 0.472 e. The molecule has 586 valence electrons. The van der Waals surface area contributed by atoms with Gasteiger partial charge in [-0.05, 0) is 154 Å². The number of rotatable bonds is 74. The molecule has 0 aromatic rings. The molecule has 0 bridgehead atoms. The molecule has 3 N–H and O–H groups in total. The fourth-order valence-corrected chi connectivity index (χ4v) is 11.8. The zero-order valence-corrected chi connectivity index (χ0v) is 65.8. The number of hydrogen-bond donors (Lipinski definition) is 3. The van der Waals surface area contributed by atoms with Crippen LogP contribution in [0.1, 0.15) is 323 Å². The van der Waals surface area contributed by atoms with Gasteiger partial charge in [0, 0.05) is 25.7 Å². The second kappa shape index (κ2) is 74.7. The maximum absolute atomic E-state index is 13.1. The van der Waals surface area contributed by atoms with Gasteiger partial charge < -0.3 is 33.8 Å². The monoisotopic (exact) mass is 1470 g/mol. The van der Waals surface area contributed by atoms with Gasteiger partial charge in [-0.3, -0.25) is 37.3 Å². The number of aliphatic hydroxyl groups is 1. The lowest BCUT2D eigenvalue weighted by Crippen LogP contribution is -2.30. The Balaban J connectivity index is 5.46. The third-order valence-corrected chi connectivity index (χ3v) is 18.3. The van der Waals surface area contributed by atoms with Crippen molar-refractivity contribution in [2.24, 2.45) is 0 Å². The van der Waals surface area contributed by atoms with E-state index in [1.165, 1.54) is 89.9 Å². The van der Waals surface area contributed by atoms with Gasteiger partial charge in [0.2, 0.25) is 0 Å². The van der Waals surface area contributed by atoms with Crippen molar-refractivity contribution in [1.82, 2.24) is 0 Å². The Morgan fingerprint density at radius 1 is 0.275 bits per heavy atom. The Hall–Kier alpha value is -4.54. The minimum atomic E-state index is -5.00. The number of unbranched alkanes of at least 4 members (excludes halogenated alkanes) is 28. The molecule has 102 heavy (non-hydrogen) atoms. The van der Waals surface area contributed by atoms with Crippen LogP contribution in [0.4, 0.5) is 0 Å². The molecule has 0 amide bonds. The van der Waals surface area contributed by atoms with E-state index in [0.717, 1.165) is 141 Å². The Bertz CT molecular complexity index is 2410. The summed E-state index contributed by atoms with van der Waals surface area (Å²) >= 11 is 0. The van der Waals surface area contributed by atoms with Crippen molar-refractivity contribution in [2.75, 3.05) is 39.6 Å². The van der Waals surface area contributed by atoms with Gasteiger partial charge in [-0.25, -0.2) is 9.13 Å². The summed E-state index contributed by atoms with van der Waals surface area (Å²) in [7, 11) is -9.99. The standard InChI is InChI=1S/C83H142O17P2/c1-5-9-13-17-21-25-29-33-36-38-41-44-48-52-56-60-64-68-81(86)94-74-79(99-82(87)69-65-61-57-53-49-45-40-35-31-27-23-19-15-11-7-3)76-98-102(91,92)96-72-77(84)71-95-101(89,90)97-75-78(73-93-80(85)67-63-59-55-51-47-43-32-28-24-20-16-12-8-4)100-83(88)70-66-62-58-54-50-46-42-39-37-34-30-26-22-18-14-10-6-2/h21-22,25-28,31-34,36-37,41-42,44,46,52,54,56,58,77-79,84H,5-20,23-24,29-30,35,38-40,43,45,47-51,53,55,57,59-76H2,1-4H3,(H,89,90)(H,91,92)/b25-21-,26-22-,31-27-,32-28-,36-33-,37-34-,44-41-,46-42-,56-52-,58-54-/t77-,78+,79+/m0/s1. The van der Waals surface area contributed by atoms with Crippen LogP contribution in [0.3, 0.4) is 0 Å². The number of phosphoric acid groups is 2. The molecule has 0 heterocycles. The van der Waals surface area contributed by atoms with E-state index >= 15 is 0 Å². The first kappa shape index (κ1) is 97.5. The molecule has 0 saturated carbocycles. The highest BCUT2D eigenvalue weighted by molar-refractivity contribution is 7.47. The van der Waals surface area contributed by atoms with Gasteiger partial charge >= 0.3 is 39.5 Å². The minimum absolute atomic E-state index is 0.0149. The van der Waals surface area contributed by atoms with E-state index in [0.29, 0.717) is 38.5 Å². The number of carbonyl (C=O) groups is 4. The summed E-state index contributed by atoms with van der Waals surface area (Å²) < 4.78 is 68.4. The van der Waals surface area contributed by atoms with Crippen LogP contribution in [0, 0.1) is 0 Å². The summed E-state index contributed by atoms with van der Waals surface area (Å²) in [6.07, 6.45) is 81.9. The fraction of sp³-hybridized carbons (Fsp3) is 0.711. The SMILES string of the molecule is CCCCC/C=C\C/C=C\C/C=C\C/C=C\CCCC(=O)OC[C@H](COP(=O)(O)OC[C@@H](O)COP(=O)(O)OC[C@@H](COC(=O)CCCCCCC/C=C\CCCCCC)OC(=O)CCC/C=C\C/C=C\C/C=C\C/C=C\CCCCC)OC(=O)CCCCCCCCC/C=C\CCCCCC. The Morgan fingerprint density at radius 2 is 0.490 bits per heavy atom. The van der Waals surface area contributed by atoms with Crippen molar-refractivity contribution >= 4 is 39.5 Å². The van der Waals surface area contributed by atoms with E-state index in [9.17, 15) is 43.2 Å². The molecule has 0 spiro atoms. The number of phosphoric ester groups is 2. The lowest BCUT2D eigenvalue weighted by Gasteiger charge is -2.21. The van der Waals surface area contributed by atoms with Gasteiger partial charge in [0.25, 0.3) is 0 Å². The molecule has 0 saturated heterocycles. The molecule has 0 aromatic carbocycles. The average molecular weight is 1470 g/mol. The molecule has 0 aliphatic heterocycles. The van der Waals surface area contributed by atoms with E-state index in [2.05, 4.69) is 125 Å². The van der Waals surface area contributed by atoms with Crippen molar-refractivity contribution in [3.63, 3.8) is 0 Å². The second-order valence-corrected chi connectivity index (χ2v) is 29.2. The second-order valence-electron chi connectivity index (χ2n) is 26.3. The number of aliphatic hydroxyl groups excluding tert-OH is 1. The summed E-state index contributed by atoms with van der Waals surface area (Å²) in [4.78, 5) is 72.9. The Morgan fingerprint density at radius 3 is 0.814 bits per heavy atom. The summed E-state index contributed by atoms with van der Waals surface area (Å²) in [6, 6.07) is 0. The first-order chi connectivity index (χ1) is 49.7. The first-order valence-corrected chi connectivity index (χ1v) is 42.8. The molecule has 19 heteroatoms. The molecule has 5 atom stereocenters. The van der Waals surface area contributed by atoms with E-state index in [4.69, 9.17) is 37.0 Å². The van der Waals surface area contributed by atoms with Gasteiger partial charge in [-0.15, -0.1) is 0 Å². The zero-order valence-electron chi connectivity index (χ0n) is 64.0. The van der Waals surface area contributed by atoms with Crippen LogP contribution in [0.5, 0.6) is 0 Å². The van der Waals surface area contributed by atoms with Gasteiger partial charge in [-0.1, -0.05) is 265 Å². The van der Waals surface area contributed by atoms with Gasteiger partial charge in [0.15, 0.2) is 12.2 Å². The van der Waals surface area contributed by atoms with Crippen LogP contribution in [0.15, 0.2) is 122 Å². The van der Waals surface area contributed by atoms with Crippen molar-refractivity contribution in [2.45, 2.75) is 341 Å². The molecular formula is C83H142O17P2. The normalized spacial score (nSPS) is 14.5. The van der Waals surface area contributed by atoms with Crippen LogP contribution in [-0.4, -0.2) is 96.7 Å². The van der Waals surface area contributed by atoms with Gasteiger partial charge in [0.05, 0.1) is 26.4 Å². The highest BCUT2D eigenvalue weighted by Crippen LogP contribution is 2.45. The van der Waals surface area contributed by atoms with Crippen molar-refractivity contribution in [1.29, 1.82) is 0 Å². The molecule has 2 unspecified atom stereocenters.